The lowest BCUT2D eigenvalue weighted by Crippen LogP contribution is -2.49. The van der Waals surface area contributed by atoms with E-state index in [1.165, 1.54) is 0 Å². The number of allylic oxidation sites excluding steroid dienone is 1. The number of nitrogens with one attached hydrogen (secondary N) is 2. The first-order valence-corrected chi connectivity index (χ1v) is 15.6. The van der Waals surface area contributed by atoms with Gasteiger partial charge in [-0.2, -0.15) is 5.26 Å². The molecular formula is C36H37ClN6O2. The molecule has 3 N–H and O–H groups in total. The molecular weight excluding hydrogens is 584 g/mol. The first-order chi connectivity index (χ1) is 21.8. The molecule has 0 aliphatic carbocycles. The Morgan fingerprint density at radius 1 is 1.13 bits per heavy atom. The number of halogens is 1. The van der Waals surface area contributed by atoms with Crippen molar-refractivity contribution in [1.82, 2.24) is 25.5 Å². The zero-order chi connectivity index (χ0) is 31.5. The fourth-order valence-electron chi connectivity index (χ4n) is 6.19. The molecule has 8 nitrogen and oxygen atoms in total. The van der Waals surface area contributed by atoms with Gasteiger partial charge in [0.2, 0.25) is 5.88 Å². The van der Waals surface area contributed by atoms with Gasteiger partial charge in [0.25, 0.3) is 0 Å². The highest BCUT2D eigenvalue weighted by Crippen LogP contribution is 2.40. The zero-order valence-corrected chi connectivity index (χ0v) is 26.4. The van der Waals surface area contributed by atoms with Gasteiger partial charge in [0.05, 0.1) is 41.8 Å². The van der Waals surface area contributed by atoms with Crippen LogP contribution in [0.15, 0.2) is 73.1 Å². The Labute approximate surface area is 269 Å². The van der Waals surface area contributed by atoms with Gasteiger partial charge < -0.3 is 20.5 Å². The van der Waals surface area contributed by atoms with Crippen molar-refractivity contribution >= 4 is 11.6 Å². The molecule has 45 heavy (non-hydrogen) atoms. The van der Waals surface area contributed by atoms with E-state index < -0.39 is 0 Å². The summed E-state index contributed by atoms with van der Waals surface area (Å²) in [7, 11) is 1.60. The van der Waals surface area contributed by atoms with Crippen LogP contribution in [-0.4, -0.2) is 58.9 Å². The Morgan fingerprint density at radius 3 is 2.60 bits per heavy atom. The van der Waals surface area contributed by atoms with Crippen molar-refractivity contribution in [1.29, 1.82) is 5.26 Å². The van der Waals surface area contributed by atoms with E-state index in [2.05, 4.69) is 58.3 Å². The Bertz CT molecular complexity index is 1780. The van der Waals surface area contributed by atoms with E-state index in [-0.39, 0.29) is 6.10 Å². The van der Waals surface area contributed by atoms with Crippen molar-refractivity contribution in [3.8, 4) is 45.5 Å². The van der Waals surface area contributed by atoms with Crippen LogP contribution in [0.4, 0.5) is 0 Å². The maximum Gasteiger partial charge on any atom is 0.237 e. The largest absolute Gasteiger partial charge is 0.480 e. The second-order valence-corrected chi connectivity index (χ2v) is 12.2. The summed E-state index contributed by atoms with van der Waals surface area (Å²) < 4.78 is 5.63. The van der Waals surface area contributed by atoms with Crippen LogP contribution in [0.1, 0.15) is 35.2 Å². The fraction of sp³-hybridized carbons (Fsp3) is 0.306. The van der Waals surface area contributed by atoms with Gasteiger partial charge in [0.1, 0.15) is 5.69 Å². The summed E-state index contributed by atoms with van der Waals surface area (Å²) in [5, 5.41) is 27.0. The number of ether oxygens (including phenoxy) is 1. The number of β-amino-alcohol motifs (C(OH)–C–C–N with tert-alkyl or cyclic N) is 1. The summed E-state index contributed by atoms with van der Waals surface area (Å²) in [5.41, 5.74) is 9.79. The first kappa shape index (κ1) is 30.8. The van der Waals surface area contributed by atoms with E-state index in [4.69, 9.17) is 21.3 Å². The number of nitrogens with zero attached hydrogens (tertiary/aromatic N) is 4. The molecule has 2 fully saturated rings. The number of hydrogen-bond donors (Lipinski definition) is 3. The Balaban J connectivity index is 1.25. The van der Waals surface area contributed by atoms with Gasteiger partial charge >= 0.3 is 0 Å². The van der Waals surface area contributed by atoms with Crippen molar-refractivity contribution in [3.05, 3.63) is 100 Å². The number of aliphatic hydroxyl groups excluding tert-OH is 1. The zero-order valence-electron chi connectivity index (χ0n) is 25.6. The lowest BCUT2D eigenvalue weighted by molar-refractivity contribution is -0.00290. The highest BCUT2D eigenvalue weighted by atomic mass is 35.5. The number of likely N-dealkylation sites (tertiary alicyclic amines) is 1. The third-order valence-electron chi connectivity index (χ3n) is 8.66. The SMILES string of the molecule is C=C1CC[C@@H](CNCc2ncc(-c3cccc(-c4cccc(-c5ccc(CN6CC(O)C6)c(C#N)c5)c4C)c3Cl)nc2OC)N1. The molecule has 1 aromatic heterocycles. The average molecular weight is 621 g/mol. The second kappa shape index (κ2) is 13.4. The molecule has 2 aliphatic heterocycles. The Kier molecular flexibility index (Phi) is 9.15. The lowest BCUT2D eigenvalue weighted by Gasteiger charge is -2.36. The van der Waals surface area contributed by atoms with Gasteiger partial charge in [-0.3, -0.25) is 9.88 Å². The molecule has 6 rings (SSSR count). The van der Waals surface area contributed by atoms with Gasteiger partial charge in [-0.15, -0.1) is 0 Å². The molecule has 4 aromatic rings. The van der Waals surface area contributed by atoms with E-state index in [1.54, 1.807) is 13.3 Å². The van der Waals surface area contributed by atoms with Crippen LogP contribution in [0.3, 0.4) is 0 Å². The number of rotatable bonds is 10. The maximum absolute atomic E-state index is 9.91. The molecule has 9 heteroatoms. The minimum Gasteiger partial charge on any atom is -0.480 e. The molecule has 0 radical (unpaired) electrons. The van der Waals surface area contributed by atoms with E-state index >= 15 is 0 Å². The smallest absolute Gasteiger partial charge is 0.237 e. The number of hydrogen-bond acceptors (Lipinski definition) is 8. The third kappa shape index (κ3) is 6.58. The fourth-order valence-corrected chi connectivity index (χ4v) is 6.51. The molecule has 3 heterocycles. The predicted octanol–water partition coefficient (Wildman–Crippen LogP) is 5.85. The van der Waals surface area contributed by atoms with Gasteiger partial charge in [-0.1, -0.05) is 66.7 Å². The topological polar surface area (TPSA) is 106 Å². The van der Waals surface area contributed by atoms with Crippen molar-refractivity contribution in [2.24, 2.45) is 0 Å². The standard InChI is InChI=1S/C36H37ClN6O2/c1-22-10-13-27(41-22)16-39-17-34-36(45-3)42-33(18-40-34)32-9-5-8-31(35(32)37)30-7-4-6-29(23(30)2)24-11-12-25(26(14-24)15-38)19-43-20-28(44)21-43/h4-9,11-12,14,18,27-28,39,41,44H,1,10,13,16-17,19-21H2,2-3H3/t27-/m0/s1. The van der Waals surface area contributed by atoms with Crippen molar-refractivity contribution in [2.75, 3.05) is 26.7 Å². The van der Waals surface area contributed by atoms with Crippen LogP contribution in [0.25, 0.3) is 33.5 Å². The highest BCUT2D eigenvalue weighted by Gasteiger charge is 2.25. The van der Waals surface area contributed by atoms with Crippen LogP contribution in [-0.2, 0) is 13.1 Å². The lowest BCUT2D eigenvalue weighted by atomic mass is 9.90. The van der Waals surface area contributed by atoms with Crippen LogP contribution >= 0.6 is 11.6 Å². The van der Waals surface area contributed by atoms with E-state index in [0.29, 0.717) is 54.4 Å². The van der Waals surface area contributed by atoms with Crippen LogP contribution in [0, 0.1) is 18.3 Å². The molecule has 0 amide bonds. The number of methoxy groups -OCH3 is 1. The van der Waals surface area contributed by atoms with Crippen LogP contribution in [0.2, 0.25) is 5.02 Å². The normalized spacial score (nSPS) is 16.7. The summed E-state index contributed by atoms with van der Waals surface area (Å²) in [6, 6.07) is 20.9. The maximum atomic E-state index is 9.91. The predicted molar refractivity (Wildman–Crippen MR) is 178 cm³/mol. The Hall–Kier alpha value is -4.26. The molecule has 0 spiro atoms. The molecule has 230 valence electrons. The van der Waals surface area contributed by atoms with Crippen molar-refractivity contribution in [3.63, 3.8) is 0 Å². The van der Waals surface area contributed by atoms with Crippen molar-refractivity contribution < 1.29 is 9.84 Å². The first-order valence-electron chi connectivity index (χ1n) is 15.2. The molecule has 1 atom stereocenters. The van der Waals surface area contributed by atoms with Crippen LogP contribution in [0.5, 0.6) is 5.88 Å². The molecule has 0 unspecified atom stereocenters. The molecule has 3 aromatic carbocycles. The molecule has 2 aliphatic rings. The monoisotopic (exact) mass is 620 g/mol. The summed E-state index contributed by atoms with van der Waals surface area (Å²) in [6.07, 6.45) is 3.56. The second-order valence-electron chi connectivity index (χ2n) is 11.8. The molecule has 0 bridgehead atoms. The summed E-state index contributed by atoms with van der Waals surface area (Å²) in [6.45, 7) is 9.37. The van der Waals surface area contributed by atoms with E-state index in [0.717, 1.165) is 69.7 Å². The Morgan fingerprint density at radius 2 is 1.89 bits per heavy atom. The highest BCUT2D eigenvalue weighted by molar-refractivity contribution is 6.36. The molecule has 0 saturated carbocycles. The summed E-state index contributed by atoms with van der Waals surface area (Å²) >= 11 is 7.10. The summed E-state index contributed by atoms with van der Waals surface area (Å²) in [5.74, 6) is 0.463. The van der Waals surface area contributed by atoms with Gasteiger partial charge in [-0.05, 0) is 53.6 Å². The quantitative estimate of drug-likeness (QED) is 0.203. The van der Waals surface area contributed by atoms with Gasteiger partial charge in [-0.25, -0.2) is 4.98 Å². The van der Waals surface area contributed by atoms with Gasteiger partial charge in [0, 0.05) is 55.6 Å². The average Bonchev–Trinajstić information content (AvgIpc) is 3.45. The number of nitriles is 1. The number of aliphatic hydroxyl groups is 1. The van der Waals surface area contributed by atoms with Crippen LogP contribution < -0.4 is 15.4 Å². The van der Waals surface area contributed by atoms with Gasteiger partial charge in [0.15, 0.2) is 0 Å². The summed E-state index contributed by atoms with van der Waals surface area (Å²) in [4.78, 5) is 11.6. The third-order valence-corrected chi connectivity index (χ3v) is 9.07. The molecule has 2 saturated heterocycles. The minimum atomic E-state index is -0.271. The number of aromatic nitrogens is 2. The number of benzene rings is 3. The van der Waals surface area contributed by atoms with Crippen molar-refractivity contribution in [2.45, 2.75) is 45.0 Å². The minimum absolute atomic E-state index is 0.271. The van der Waals surface area contributed by atoms with E-state index in [1.807, 2.05) is 36.4 Å². The van der Waals surface area contributed by atoms with E-state index in [9.17, 15) is 10.4 Å².